The topological polar surface area (TPSA) is 79.0 Å². The van der Waals surface area contributed by atoms with Crippen molar-refractivity contribution in [2.75, 3.05) is 45.2 Å². The Balaban J connectivity index is 1.53. The Kier molecular flexibility index (Phi) is 6.33. The summed E-state index contributed by atoms with van der Waals surface area (Å²) in [5.41, 5.74) is 1.69. The molecule has 1 N–H and O–H groups in total. The number of piperazine rings is 1. The monoisotopic (exact) mass is 403 g/mol. The molecular weight excluding hydrogens is 378 g/mol. The van der Waals surface area contributed by atoms with Crippen molar-refractivity contribution < 1.29 is 17.9 Å². The summed E-state index contributed by atoms with van der Waals surface area (Å²) in [6, 6.07) is 14.0. The minimum absolute atomic E-state index is 0.136. The highest BCUT2D eigenvalue weighted by atomic mass is 32.2. The number of anilines is 1. The number of ether oxygens (including phenoxy) is 1. The molecular formula is C20H25N3O4S. The molecule has 2 aromatic rings. The minimum atomic E-state index is -3.49. The van der Waals surface area contributed by atoms with Crippen LogP contribution in [0.1, 0.15) is 5.56 Å². The van der Waals surface area contributed by atoms with Crippen molar-refractivity contribution in [3.05, 3.63) is 54.1 Å². The Morgan fingerprint density at radius 1 is 1.07 bits per heavy atom. The van der Waals surface area contributed by atoms with Crippen molar-refractivity contribution in [1.82, 2.24) is 9.21 Å². The predicted octanol–water partition coefficient (Wildman–Crippen LogP) is 1.95. The summed E-state index contributed by atoms with van der Waals surface area (Å²) < 4.78 is 32.1. The zero-order valence-corrected chi connectivity index (χ0v) is 16.9. The molecule has 1 amide bonds. The second-order valence-electron chi connectivity index (χ2n) is 6.77. The second kappa shape index (κ2) is 8.72. The lowest BCUT2D eigenvalue weighted by atomic mass is 10.2. The van der Waals surface area contributed by atoms with E-state index in [1.54, 1.807) is 43.5 Å². The summed E-state index contributed by atoms with van der Waals surface area (Å²) in [6.07, 6.45) is 0. The number of carbonyl (C=O) groups is 1. The van der Waals surface area contributed by atoms with Crippen LogP contribution in [0.3, 0.4) is 0 Å². The molecule has 1 fully saturated rings. The third kappa shape index (κ3) is 4.89. The zero-order chi connectivity index (χ0) is 20.1. The van der Waals surface area contributed by atoms with Gasteiger partial charge in [0.25, 0.3) is 0 Å². The molecule has 0 atom stereocenters. The molecule has 28 heavy (non-hydrogen) atoms. The highest BCUT2D eigenvalue weighted by molar-refractivity contribution is 7.89. The van der Waals surface area contributed by atoms with E-state index >= 15 is 0 Å². The molecule has 0 spiro atoms. The van der Waals surface area contributed by atoms with Gasteiger partial charge in [-0.1, -0.05) is 23.8 Å². The van der Waals surface area contributed by atoms with E-state index in [1.807, 2.05) is 24.0 Å². The average Bonchev–Trinajstić information content (AvgIpc) is 2.69. The van der Waals surface area contributed by atoms with E-state index in [2.05, 4.69) is 5.32 Å². The quantitative estimate of drug-likeness (QED) is 0.798. The molecule has 150 valence electrons. The molecule has 2 aromatic carbocycles. The number of aryl methyl sites for hydroxylation is 1. The standard InChI is InChI=1S/C20H25N3O4S/c1-16-6-8-19(9-7-16)28(25,26)23-12-10-22(11-13-23)15-20(24)21-17-4-3-5-18(14-17)27-2/h3-9,14H,10-13,15H2,1-2H3,(H,21,24). The van der Waals surface area contributed by atoms with Gasteiger partial charge in [-0.15, -0.1) is 0 Å². The van der Waals surface area contributed by atoms with Gasteiger partial charge in [-0.2, -0.15) is 4.31 Å². The van der Waals surface area contributed by atoms with Crippen molar-refractivity contribution in [2.24, 2.45) is 0 Å². The van der Waals surface area contributed by atoms with Crippen molar-refractivity contribution in [2.45, 2.75) is 11.8 Å². The van der Waals surface area contributed by atoms with Crippen molar-refractivity contribution >= 4 is 21.6 Å². The fraction of sp³-hybridized carbons (Fsp3) is 0.350. The number of amides is 1. The van der Waals surface area contributed by atoms with Crippen LogP contribution in [0.5, 0.6) is 5.75 Å². The summed E-state index contributed by atoms with van der Waals surface area (Å²) in [5, 5.41) is 2.84. The van der Waals surface area contributed by atoms with Crippen LogP contribution in [0, 0.1) is 6.92 Å². The van der Waals surface area contributed by atoms with Gasteiger partial charge in [0.1, 0.15) is 5.75 Å². The Morgan fingerprint density at radius 3 is 2.39 bits per heavy atom. The molecule has 0 unspecified atom stereocenters. The summed E-state index contributed by atoms with van der Waals surface area (Å²) in [4.78, 5) is 14.5. The number of hydrogen-bond acceptors (Lipinski definition) is 5. The van der Waals surface area contributed by atoms with Gasteiger partial charge < -0.3 is 10.1 Å². The molecule has 0 bridgehead atoms. The number of hydrogen-bond donors (Lipinski definition) is 1. The minimum Gasteiger partial charge on any atom is -0.497 e. The van der Waals surface area contributed by atoms with E-state index < -0.39 is 10.0 Å². The van der Waals surface area contributed by atoms with Crippen LogP contribution in [-0.4, -0.2) is 63.4 Å². The summed E-state index contributed by atoms with van der Waals surface area (Å²) in [7, 11) is -1.92. The molecule has 3 rings (SSSR count). The first-order valence-corrected chi connectivity index (χ1v) is 10.6. The molecule has 1 aliphatic heterocycles. The summed E-state index contributed by atoms with van der Waals surface area (Å²) in [5.74, 6) is 0.538. The highest BCUT2D eigenvalue weighted by Gasteiger charge is 2.28. The normalized spacial score (nSPS) is 15.9. The molecule has 0 radical (unpaired) electrons. The van der Waals surface area contributed by atoms with Gasteiger partial charge in [0.05, 0.1) is 18.6 Å². The molecule has 7 nitrogen and oxygen atoms in total. The van der Waals surface area contributed by atoms with Gasteiger partial charge in [0, 0.05) is 37.9 Å². The van der Waals surface area contributed by atoms with Crippen molar-refractivity contribution in [1.29, 1.82) is 0 Å². The SMILES string of the molecule is COc1cccc(NC(=O)CN2CCN(S(=O)(=O)c3ccc(C)cc3)CC2)c1. The Hall–Kier alpha value is -2.42. The smallest absolute Gasteiger partial charge is 0.243 e. The van der Waals surface area contributed by atoms with Gasteiger partial charge in [-0.05, 0) is 31.2 Å². The number of nitrogens with one attached hydrogen (secondary N) is 1. The van der Waals surface area contributed by atoms with Crippen LogP contribution in [0.15, 0.2) is 53.4 Å². The van der Waals surface area contributed by atoms with Crippen LogP contribution in [0.4, 0.5) is 5.69 Å². The lowest BCUT2D eigenvalue weighted by molar-refractivity contribution is -0.117. The largest absolute Gasteiger partial charge is 0.497 e. The van der Waals surface area contributed by atoms with Crippen LogP contribution < -0.4 is 10.1 Å². The maximum atomic E-state index is 12.7. The Labute approximate surface area is 166 Å². The van der Waals surface area contributed by atoms with Crippen molar-refractivity contribution in [3.63, 3.8) is 0 Å². The first kappa shape index (κ1) is 20.3. The van der Waals surface area contributed by atoms with Gasteiger partial charge in [0.15, 0.2) is 0 Å². The van der Waals surface area contributed by atoms with Gasteiger partial charge in [-0.3, -0.25) is 9.69 Å². The van der Waals surface area contributed by atoms with E-state index in [4.69, 9.17) is 4.74 Å². The number of benzene rings is 2. The number of nitrogens with zero attached hydrogens (tertiary/aromatic N) is 2. The average molecular weight is 404 g/mol. The Bertz CT molecular complexity index is 921. The van der Waals surface area contributed by atoms with E-state index in [9.17, 15) is 13.2 Å². The fourth-order valence-corrected chi connectivity index (χ4v) is 4.51. The van der Waals surface area contributed by atoms with Crippen LogP contribution in [0.25, 0.3) is 0 Å². The molecule has 8 heteroatoms. The van der Waals surface area contributed by atoms with Crippen LogP contribution in [0.2, 0.25) is 0 Å². The summed E-state index contributed by atoms with van der Waals surface area (Å²) >= 11 is 0. The van der Waals surface area contributed by atoms with E-state index in [1.165, 1.54) is 4.31 Å². The molecule has 1 heterocycles. The number of carbonyl (C=O) groups excluding carboxylic acids is 1. The number of rotatable bonds is 6. The maximum absolute atomic E-state index is 12.7. The summed E-state index contributed by atoms with van der Waals surface area (Å²) in [6.45, 7) is 3.89. The van der Waals surface area contributed by atoms with Crippen molar-refractivity contribution in [3.8, 4) is 5.75 Å². The third-order valence-electron chi connectivity index (χ3n) is 4.71. The molecule has 0 aromatic heterocycles. The molecule has 0 saturated carbocycles. The zero-order valence-electron chi connectivity index (χ0n) is 16.1. The lowest BCUT2D eigenvalue weighted by Crippen LogP contribution is -2.50. The van der Waals surface area contributed by atoms with Crippen LogP contribution in [-0.2, 0) is 14.8 Å². The predicted molar refractivity (Wildman–Crippen MR) is 108 cm³/mol. The fourth-order valence-electron chi connectivity index (χ4n) is 3.09. The van der Waals surface area contributed by atoms with Crippen LogP contribution >= 0.6 is 0 Å². The van der Waals surface area contributed by atoms with Gasteiger partial charge >= 0.3 is 0 Å². The van der Waals surface area contributed by atoms with E-state index in [0.717, 1.165) is 5.56 Å². The maximum Gasteiger partial charge on any atom is 0.243 e. The second-order valence-corrected chi connectivity index (χ2v) is 8.71. The number of sulfonamides is 1. The van der Waals surface area contributed by atoms with E-state index in [0.29, 0.717) is 42.5 Å². The first-order chi connectivity index (χ1) is 13.4. The molecule has 0 aliphatic carbocycles. The molecule has 1 saturated heterocycles. The van der Waals surface area contributed by atoms with Gasteiger partial charge in [-0.25, -0.2) is 8.42 Å². The lowest BCUT2D eigenvalue weighted by Gasteiger charge is -2.33. The first-order valence-electron chi connectivity index (χ1n) is 9.11. The molecule has 1 aliphatic rings. The Morgan fingerprint density at radius 2 is 1.75 bits per heavy atom. The third-order valence-corrected chi connectivity index (χ3v) is 6.62. The highest BCUT2D eigenvalue weighted by Crippen LogP contribution is 2.19. The van der Waals surface area contributed by atoms with E-state index in [-0.39, 0.29) is 12.5 Å². The number of methoxy groups -OCH3 is 1. The van der Waals surface area contributed by atoms with Gasteiger partial charge in [0.2, 0.25) is 15.9 Å².